The zero-order chi connectivity index (χ0) is 7.71. The molecule has 0 aliphatic heterocycles. The van der Waals surface area contributed by atoms with Gasteiger partial charge in [0.1, 0.15) is 0 Å². The molecule has 0 bridgehead atoms. The minimum Gasteiger partial charge on any atom is -0.147 e. The molecule has 0 aromatic carbocycles. The third-order valence-corrected chi connectivity index (χ3v) is 3.09. The molecule has 0 fully saturated rings. The fraction of sp³-hybridized carbons (Fsp3) is 1.00. The Balaban J connectivity index is -0.000000320. The van der Waals surface area contributed by atoms with Gasteiger partial charge in [0, 0.05) is 0 Å². The molecule has 0 radical (unpaired) electrons. The Bertz CT molecular complexity index is 77.2. The molecule has 0 amide bonds. The number of halogens is 2. The topological polar surface area (TPSA) is 0 Å². The monoisotopic (exact) mass is 234 g/mol. The van der Waals surface area contributed by atoms with E-state index in [9.17, 15) is 0 Å². The molecule has 0 aliphatic rings. The molecule has 0 atom stereocenters. The normalized spacial score (nSPS) is 11.1. The van der Waals surface area contributed by atoms with Gasteiger partial charge in [0.25, 0.3) is 0 Å². The first-order valence-corrected chi connectivity index (χ1v) is 5.06. The maximum Gasteiger partial charge on any atom is -0.147 e. The minimum atomic E-state index is 0. The van der Waals surface area contributed by atoms with E-state index in [0.29, 0.717) is 7.44 Å². The SMILES string of the molecule is C[C](C)(C)[Ti][C](C)(C)C.Cl.Cl. The third-order valence-electron chi connectivity index (χ3n) is 0.750. The molecule has 0 heterocycles. The van der Waals surface area contributed by atoms with Crippen LogP contribution in [0.1, 0.15) is 41.5 Å². The van der Waals surface area contributed by atoms with Crippen LogP contribution in [0.25, 0.3) is 0 Å². The smallest absolute Gasteiger partial charge is 0.147 e. The summed E-state index contributed by atoms with van der Waals surface area (Å²) in [4.78, 5) is 0. The van der Waals surface area contributed by atoms with Crippen molar-refractivity contribution in [3.63, 3.8) is 0 Å². The van der Waals surface area contributed by atoms with E-state index in [2.05, 4.69) is 41.5 Å². The second-order valence-electron chi connectivity index (χ2n) is 4.62. The number of hydrogen-bond donors (Lipinski definition) is 0. The van der Waals surface area contributed by atoms with Gasteiger partial charge in [0.15, 0.2) is 0 Å². The molecule has 0 aromatic heterocycles. The Morgan fingerprint density at radius 2 is 0.818 bits per heavy atom. The quantitative estimate of drug-likeness (QED) is 0.547. The Kier molecular flexibility index (Phi) is 9.67. The summed E-state index contributed by atoms with van der Waals surface area (Å²) in [5, 5.41) is 0. The summed E-state index contributed by atoms with van der Waals surface area (Å²) in [5.74, 6) is 0. The van der Waals surface area contributed by atoms with Crippen LogP contribution in [-0.4, -0.2) is 0 Å². The first kappa shape index (κ1) is 18.2. The Labute approximate surface area is 92.7 Å². The van der Waals surface area contributed by atoms with Crippen molar-refractivity contribution in [1.82, 2.24) is 0 Å². The summed E-state index contributed by atoms with van der Waals surface area (Å²) in [6.45, 7) is 14.1. The number of rotatable bonds is 0. The van der Waals surface area contributed by atoms with E-state index in [0.717, 1.165) is 0 Å². The van der Waals surface area contributed by atoms with Crippen molar-refractivity contribution in [1.29, 1.82) is 0 Å². The third kappa shape index (κ3) is 18.3. The fourth-order valence-electron chi connectivity index (χ4n) is 1.12. The first-order valence-electron chi connectivity index (χ1n) is 3.50. The maximum atomic E-state index is 2.35. The van der Waals surface area contributed by atoms with Crippen LogP contribution >= 0.6 is 24.8 Å². The van der Waals surface area contributed by atoms with E-state index in [1.165, 1.54) is 0 Å². The van der Waals surface area contributed by atoms with E-state index in [4.69, 9.17) is 0 Å². The standard InChI is InChI=1S/2C4H9.2ClH.Ti/c2*1-4(2)3;;;/h2*1-3H3;2*1H;. The molecule has 0 unspecified atom stereocenters. The van der Waals surface area contributed by atoms with Crippen LogP contribution in [0, 0.1) is 0 Å². The van der Waals surface area contributed by atoms with E-state index >= 15 is 0 Å². The maximum absolute atomic E-state index is 2.35. The summed E-state index contributed by atoms with van der Waals surface area (Å²) in [5.41, 5.74) is 0. The van der Waals surface area contributed by atoms with E-state index in [1.54, 1.807) is 0 Å². The molecule has 0 nitrogen and oxygen atoms in total. The molecule has 0 aliphatic carbocycles. The van der Waals surface area contributed by atoms with Gasteiger partial charge >= 0.3 is 68.1 Å². The van der Waals surface area contributed by atoms with Crippen molar-refractivity contribution >= 4 is 24.8 Å². The van der Waals surface area contributed by atoms with Gasteiger partial charge in [0.05, 0.1) is 0 Å². The Morgan fingerprint density at radius 3 is 0.818 bits per heavy atom. The molecule has 0 saturated heterocycles. The molecule has 0 rings (SSSR count). The van der Waals surface area contributed by atoms with Gasteiger partial charge in [-0.2, -0.15) is 0 Å². The Morgan fingerprint density at radius 1 is 0.636 bits per heavy atom. The van der Waals surface area contributed by atoms with Gasteiger partial charge in [-0.05, 0) is 0 Å². The summed E-state index contributed by atoms with van der Waals surface area (Å²) >= 11 is 0.208. The molecule has 11 heavy (non-hydrogen) atoms. The summed E-state index contributed by atoms with van der Waals surface area (Å²) in [6, 6.07) is 0. The van der Waals surface area contributed by atoms with Gasteiger partial charge in [-0.15, -0.1) is 24.8 Å². The van der Waals surface area contributed by atoms with Gasteiger partial charge in [-0.3, -0.25) is 0 Å². The van der Waals surface area contributed by atoms with Gasteiger partial charge in [-0.1, -0.05) is 0 Å². The van der Waals surface area contributed by atoms with Crippen LogP contribution < -0.4 is 0 Å². The molecular weight excluding hydrogens is 215 g/mol. The average Bonchev–Trinajstić information content (AvgIpc) is 1.14. The van der Waals surface area contributed by atoms with E-state index in [1.807, 2.05) is 0 Å². The van der Waals surface area contributed by atoms with Crippen LogP contribution in [-0.2, 0) is 19.2 Å². The van der Waals surface area contributed by atoms with Crippen LogP contribution in [0.2, 0.25) is 7.44 Å². The van der Waals surface area contributed by atoms with Crippen molar-refractivity contribution in [3.8, 4) is 0 Å². The summed E-state index contributed by atoms with van der Waals surface area (Å²) < 4.78 is 1.22. The largest absolute Gasteiger partial charge is 0.147 e. The van der Waals surface area contributed by atoms with Crippen molar-refractivity contribution in [2.45, 2.75) is 49.0 Å². The van der Waals surface area contributed by atoms with E-state index < -0.39 is 0 Å². The fourth-order valence-corrected chi connectivity index (χ4v) is 4.64. The van der Waals surface area contributed by atoms with Crippen LogP contribution in [0.4, 0.5) is 0 Å². The van der Waals surface area contributed by atoms with Crippen molar-refractivity contribution < 1.29 is 19.2 Å². The average molecular weight is 235 g/mol. The second-order valence-corrected chi connectivity index (χ2v) is 9.70. The van der Waals surface area contributed by atoms with Gasteiger partial charge in [0.2, 0.25) is 0 Å². The molecular formula is C8H20Cl2Ti. The Hall–Kier alpha value is 1.29. The van der Waals surface area contributed by atoms with Crippen LogP contribution in [0.15, 0.2) is 0 Å². The second kappa shape index (κ2) is 5.86. The summed E-state index contributed by atoms with van der Waals surface area (Å²) in [7, 11) is 0. The van der Waals surface area contributed by atoms with Crippen molar-refractivity contribution in [3.05, 3.63) is 0 Å². The van der Waals surface area contributed by atoms with Gasteiger partial charge in [-0.25, -0.2) is 0 Å². The molecule has 0 N–H and O–H groups in total. The van der Waals surface area contributed by atoms with Crippen LogP contribution in [0.3, 0.4) is 0 Å². The molecule has 3 heteroatoms. The van der Waals surface area contributed by atoms with Crippen molar-refractivity contribution in [2.75, 3.05) is 0 Å². The zero-order valence-corrected chi connectivity index (χ0v) is 11.5. The minimum absolute atomic E-state index is 0. The predicted octanol–water partition coefficient (Wildman–Crippen LogP) is 4.35. The van der Waals surface area contributed by atoms with E-state index in [-0.39, 0.29) is 44.0 Å². The first-order chi connectivity index (χ1) is 3.71. The predicted molar refractivity (Wildman–Crippen MR) is 53.9 cm³/mol. The zero-order valence-electron chi connectivity index (χ0n) is 8.32. The van der Waals surface area contributed by atoms with Gasteiger partial charge < -0.3 is 0 Å². The molecule has 0 saturated carbocycles. The van der Waals surface area contributed by atoms with Crippen LogP contribution in [0.5, 0.6) is 0 Å². The molecule has 0 aromatic rings. The van der Waals surface area contributed by atoms with Crippen molar-refractivity contribution in [2.24, 2.45) is 0 Å². The molecule has 0 spiro atoms. The summed E-state index contributed by atoms with van der Waals surface area (Å²) in [6.07, 6.45) is 0. The molecule has 70 valence electrons. The number of hydrogen-bond acceptors (Lipinski definition) is 0.